The van der Waals surface area contributed by atoms with Crippen LogP contribution in [0.25, 0.3) is 0 Å². The maximum Gasteiger partial charge on any atom is 0.339 e. The SMILES string of the molecule is C[C@H](OC(=O)c1ccccc1C(=O)N(C)c1ccccc1)C(=O)NC1CC1. The van der Waals surface area contributed by atoms with E-state index in [0.717, 1.165) is 12.8 Å². The third kappa shape index (κ3) is 4.53. The first-order valence-corrected chi connectivity index (χ1v) is 8.91. The maximum absolute atomic E-state index is 12.9. The molecular formula is C21H22N2O4. The van der Waals surface area contributed by atoms with E-state index in [9.17, 15) is 14.4 Å². The first-order valence-electron chi connectivity index (χ1n) is 8.91. The second-order valence-corrected chi connectivity index (χ2v) is 6.58. The summed E-state index contributed by atoms with van der Waals surface area (Å²) in [6, 6.07) is 15.8. The van der Waals surface area contributed by atoms with E-state index in [2.05, 4.69) is 5.32 Å². The Morgan fingerprint density at radius 3 is 2.22 bits per heavy atom. The van der Waals surface area contributed by atoms with Gasteiger partial charge in [0.1, 0.15) is 0 Å². The van der Waals surface area contributed by atoms with E-state index in [1.807, 2.05) is 30.3 Å². The Morgan fingerprint density at radius 2 is 1.59 bits per heavy atom. The summed E-state index contributed by atoms with van der Waals surface area (Å²) >= 11 is 0. The summed E-state index contributed by atoms with van der Waals surface area (Å²) in [6.45, 7) is 1.52. The molecule has 2 aromatic rings. The number of nitrogens with zero attached hydrogens (tertiary/aromatic N) is 1. The van der Waals surface area contributed by atoms with E-state index >= 15 is 0 Å². The van der Waals surface area contributed by atoms with Gasteiger partial charge in [-0.05, 0) is 44.0 Å². The normalized spacial score (nSPS) is 14.1. The molecule has 1 aliphatic rings. The standard InChI is InChI=1S/C21H22N2O4/c1-14(19(24)22-15-12-13-15)27-21(26)18-11-7-6-10-17(18)20(25)23(2)16-8-4-3-5-9-16/h3-11,14-15H,12-13H2,1-2H3,(H,22,24)/t14-/m0/s1. The van der Waals surface area contributed by atoms with E-state index < -0.39 is 12.1 Å². The van der Waals surface area contributed by atoms with Gasteiger partial charge >= 0.3 is 5.97 Å². The molecular weight excluding hydrogens is 344 g/mol. The van der Waals surface area contributed by atoms with Crippen LogP contribution in [0.2, 0.25) is 0 Å². The summed E-state index contributed by atoms with van der Waals surface area (Å²) in [6.07, 6.45) is 0.985. The number of carbonyl (C=O) groups is 3. The lowest BCUT2D eigenvalue weighted by atomic mass is 10.1. The molecule has 27 heavy (non-hydrogen) atoms. The lowest BCUT2D eigenvalue weighted by Crippen LogP contribution is -2.37. The summed E-state index contributed by atoms with van der Waals surface area (Å²) in [5, 5.41) is 2.80. The van der Waals surface area contributed by atoms with Crippen molar-refractivity contribution in [3.8, 4) is 0 Å². The number of rotatable bonds is 6. The molecule has 6 heteroatoms. The number of hydrogen-bond donors (Lipinski definition) is 1. The maximum atomic E-state index is 12.9. The number of esters is 1. The predicted octanol–water partition coefficient (Wildman–Crippen LogP) is 2.79. The third-order valence-corrected chi connectivity index (χ3v) is 4.40. The van der Waals surface area contributed by atoms with Crippen LogP contribution in [0.4, 0.5) is 5.69 Å². The molecule has 1 saturated carbocycles. The second kappa shape index (κ2) is 8.03. The van der Waals surface area contributed by atoms with Crippen LogP contribution in [0.1, 0.15) is 40.5 Å². The molecule has 0 heterocycles. The number of amides is 2. The predicted molar refractivity (Wildman–Crippen MR) is 102 cm³/mol. The highest BCUT2D eigenvalue weighted by atomic mass is 16.5. The number of ether oxygens (including phenoxy) is 1. The molecule has 1 N–H and O–H groups in total. The Hall–Kier alpha value is -3.15. The molecule has 2 amide bonds. The van der Waals surface area contributed by atoms with E-state index in [1.165, 1.54) is 17.9 Å². The van der Waals surface area contributed by atoms with Crippen LogP contribution >= 0.6 is 0 Å². The fourth-order valence-electron chi connectivity index (χ4n) is 2.62. The van der Waals surface area contributed by atoms with E-state index in [-0.39, 0.29) is 29.0 Å². The molecule has 0 radical (unpaired) electrons. The zero-order chi connectivity index (χ0) is 19.4. The lowest BCUT2D eigenvalue weighted by molar-refractivity contribution is -0.129. The summed E-state index contributed by atoms with van der Waals surface area (Å²) in [7, 11) is 1.64. The summed E-state index contributed by atoms with van der Waals surface area (Å²) in [4.78, 5) is 38.9. The van der Waals surface area contributed by atoms with Gasteiger partial charge in [0.25, 0.3) is 11.8 Å². The zero-order valence-corrected chi connectivity index (χ0v) is 15.3. The monoisotopic (exact) mass is 366 g/mol. The van der Waals surface area contributed by atoms with Gasteiger partial charge in [-0.1, -0.05) is 30.3 Å². The smallest absolute Gasteiger partial charge is 0.339 e. The van der Waals surface area contributed by atoms with Crippen LogP contribution in [-0.2, 0) is 9.53 Å². The molecule has 3 rings (SSSR count). The number of benzene rings is 2. The number of nitrogens with one attached hydrogen (secondary N) is 1. The number of anilines is 1. The highest BCUT2D eigenvalue weighted by Gasteiger charge is 2.28. The van der Waals surface area contributed by atoms with Gasteiger partial charge in [-0.25, -0.2) is 4.79 Å². The van der Waals surface area contributed by atoms with Crippen LogP contribution < -0.4 is 10.2 Å². The Balaban J connectivity index is 1.75. The van der Waals surface area contributed by atoms with E-state index in [1.54, 1.807) is 25.2 Å². The van der Waals surface area contributed by atoms with Crippen molar-refractivity contribution in [3.05, 3.63) is 65.7 Å². The first kappa shape index (κ1) is 18.6. The average molecular weight is 366 g/mol. The van der Waals surface area contributed by atoms with Crippen LogP contribution in [0.15, 0.2) is 54.6 Å². The van der Waals surface area contributed by atoms with Crippen molar-refractivity contribution in [1.82, 2.24) is 5.32 Å². The van der Waals surface area contributed by atoms with Gasteiger partial charge in [0.2, 0.25) is 0 Å². The Labute approximate surface area is 158 Å². The van der Waals surface area contributed by atoms with Crippen LogP contribution in [-0.4, -0.2) is 37.0 Å². The van der Waals surface area contributed by atoms with Crippen LogP contribution in [0.5, 0.6) is 0 Å². The third-order valence-electron chi connectivity index (χ3n) is 4.40. The van der Waals surface area contributed by atoms with Crippen molar-refractivity contribution in [3.63, 3.8) is 0 Å². The topological polar surface area (TPSA) is 75.7 Å². The molecule has 1 atom stereocenters. The fourth-order valence-corrected chi connectivity index (χ4v) is 2.62. The molecule has 1 fully saturated rings. The molecule has 0 aromatic heterocycles. The van der Waals surface area contributed by atoms with Gasteiger partial charge in [0, 0.05) is 18.8 Å². The van der Waals surface area contributed by atoms with E-state index in [4.69, 9.17) is 4.74 Å². The summed E-state index contributed by atoms with van der Waals surface area (Å²) in [5.41, 5.74) is 1.07. The van der Waals surface area contributed by atoms with Crippen LogP contribution in [0.3, 0.4) is 0 Å². The Bertz CT molecular complexity index is 846. The minimum absolute atomic E-state index is 0.136. The number of hydrogen-bond acceptors (Lipinski definition) is 4. The van der Waals surface area contributed by atoms with Crippen molar-refractivity contribution in [2.45, 2.75) is 31.9 Å². The Morgan fingerprint density at radius 1 is 1.00 bits per heavy atom. The van der Waals surface area contributed by atoms with Crippen molar-refractivity contribution in [2.75, 3.05) is 11.9 Å². The quantitative estimate of drug-likeness (QED) is 0.798. The fraction of sp³-hybridized carbons (Fsp3) is 0.286. The minimum atomic E-state index is -0.923. The van der Waals surface area contributed by atoms with Gasteiger partial charge in [0.05, 0.1) is 11.1 Å². The van der Waals surface area contributed by atoms with Gasteiger partial charge < -0.3 is 15.0 Å². The van der Waals surface area contributed by atoms with Crippen molar-refractivity contribution in [2.24, 2.45) is 0 Å². The number of carbonyl (C=O) groups excluding carboxylic acids is 3. The largest absolute Gasteiger partial charge is 0.449 e. The molecule has 6 nitrogen and oxygen atoms in total. The molecule has 0 aliphatic heterocycles. The number of para-hydroxylation sites is 1. The van der Waals surface area contributed by atoms with Crippen molar-refractivity contribution >= 4 is 23.5 Å². The lowest BCUT2D eigenvalue weighted by Gasteiger charge is -2.19. The first-order chi connectivity index (χ1) is 13.0. The summed E-state index contributed by atoms with van der Waals surface area (Å²) < 4.78 is 5.28. The van der Waals surface area contributed by atoms with Gasteiger partial charge in [-0.3, -0.25) is 9.59 Å². The molecule has 0 spiro atoms. The molecule has 2 aromatic carbocycles. The second-order valence-electron chi connectivity index (χ2n) is 6.58. The minimum Gasteiger partial charge on any atom is -0.449 e. The Kier molecular flexibility index (Phi) is 5.54. The van der Waals surface area contributed by atoms with Crippen molar-refractivity contribution in [1.29, 1.82) is 0 Å². The van der Waals surface area contributed by atoms with Crippen molar-refractivity contribution < 1.29 is 19.1 Å². The zero-order valence-electron chi connectivity index (χ0n) is 15.3. The van der Waals surface area contributed by atoms with Gasteiger partial charge in [-0.15, -0.1) is 0 Å². The molecule has 0 bridgehead atoms. The molecule has 0 unspecified atom stereocenters. The highest BCUT2D eigenvalue weighted by Crippen LogP contribution is 2.20. The highest BCUT2D eigenvalue weighted by molar-refractivity contribution is 6.12. The van der Waals surface area contributed by atoms with Gasteiger partial charge in [-0.2, -0.15) is 0 Å². The van der Waals surface area contributed by atoms with Crippen LogP contribution in [0, 0.1) is 0 Å². The molecule has 0 saturated heterocycles. The van der Waals surface area contributed by atoms with E-state index in [0.29, 0.717) is 5.69 Å². The van der Waals surface area contributed by atoms with Gasteiger partial charge in [0.15, 0.2) is 6.10 Å². The average Bonchev–Trinajstić information content (AvgIpc) is 3.51. The summed E-state index contributed by atoms with van der Waals surface area (Å²) in [5.74, 6) is -1.35. The molecule has 140 valence electrons. The molecule has 1 aliphatic carbocycles.